The number of aliphatic hydroxyl groups is 1. The Morgan fingerprint density at radius 2 is 2.27 bits per heavy atom. The average Bonchev–Trinajstić information content (AvgIpc) is 2.22. The number of nitrogens with zero attached hydrogens (tertiary/aromatic N) is 1. The predicted octanol–water partition coefficient (Wildman–Crippen LogP) is 1.31. The van der Waals surface area contributed by atoms with Crippen LogP contribution in [0.4, 0.5) is 10.1 Å². The molecule has 1 aromatic rings. The summed E-state index contributed by atoms with van der Waals surface area (Å²) in [6.45, 7) is 0.541. The van der Waals surface area contributed by atoms with Crippen LogP contribution in [0.25, 0.3) is 0 Å². The number of benzene rings is 1. The molecule has 0 spiro atoms. The highest BCUT2D eigenvalue weighted by Crippen LogP contribution is 2.21. The molecular weight excluding hydrogens is 197 g/mol. The number of hydrogen-bond donors (Lipinski definition) is 1. The molecule has 1 fully saturated rings. The van der Waals surface area contributed by atoms with Crippen LogP contribution in [0.5, 0.6) is 0 Å². The van der Waals surface area contributed by atoms with E-state index in [1.54, 1.807) is 12.1 Å². The fourth-order valence-electron chi connectivity index (χ4n) is 1.76. The van der Waals surface area contributed by atoms with Crippen LogP contribution in [0.2, 0.25) is 0 Å². The number of piperidine rings is 1. The molecule has 1 amide bonds. The van der Waals surface area contributed by atoms with Gasteiger partial charge in [-0.15, -0.1) is 0 Å². The molecule has 1 unspecified atom stereocenters. The van der Waals surface area contributed by atoms with Crippen LogP contribution in [0.1, 0.15) is 12.8 Å². The van der Waals surface area contributed by atoms with E-state index in [9.17, 15) is 14.3 Å². The van der Waals surface area contributed by atoms with Gasteiger partial charge < -0.3 is 10.0 Å². The summed E-state index contributed by atoms with van der Waals surface area (Å²) in [4.78, 5) is 13.0. The number of carbonyl (C=O) groups is 1. The van der Waals surface area contributed by atoms with Gasteiger partial charge in [-0.05, 0) is 31.0 Å². The molecule has 15 heavy (non-hydrogen) atoms. The summed E-state index contributed by atoms with van der Waals surface area (Å²) < 4.78 is 12.9. The van der Waals surface area contributed by atoms with E-state index in [1.807, 2.05) is 0 Å². The van der Waals surface area contributed by atoms with Crippen molar-refractivity contribution < 1.29 is 14.3 Å². The molecule has 0 radical (unpaired) electrons. The van der Waals surface area contributed by atoms with Gasteiger partial charge in [0.25, 0.3) is 5.91 Å². The molecule has 0 aromatic heterocycles. The third kappa shape index (κ3) is 1.99. The molecule has 4 heteroatoms. The van der Waals surface area contributed by atoms with Gasteiger partial charge >= 0.3 is 0 Å². The van der Waals surface area contributed by atoms with Crippen molar-refractivity contribution >= 4 is 11.6 Å². The Balaban J connectivity index is 2.26. The first kappa shape index (κ1) is 10.1. The van der Waals surface area contributed by atoms with Gasteiger partial charge in [0.2, 0.25) is 0 Å². The number of amides is 1. The van der Waals surface area contributed by atoms with Crippen molar-refractivity contribution in [1.29, 1.82) is 0 Å². The molecule has 1 atom stereocenters. The molecule has 1 N–H and O–H groups in total. The van der Waals surface area contributed by atoms with Crippen molar-refractivity contribution in [3.63, 3.8) is 0 Å². The van der Waals surface area contributed by atoms with Gasteiger partial charge in [-0.3, -0.25) is 4.79 Å². The number of carbonyl (C=O) groups excluding carboxylic acids is 1. The van der Waals surface area contributed by atoms with Crippen molar-refractivity contribution in [2.75, 3.05) is 11.4 Å². The number of aliphatic hydroxyl groups excluding tert-OH is 1. The van der Waals surface area contributed by atoms with Gasteiger partial charge in [-0.2, -0.15) is 0 Å². The maximum Gasteiger partial charge on any atom is 0.255 e. The monoisotopic (exact) mass is 209 g/mol. The van der Waals surface area contributed by atoms with Crippen LogP contribution < -0.4 is 4.90 Å². The van der Waals surface area contributed by atoms with Crippen LogP contribution in [0, 0.1) is 5.82 Å². The first-order chi connectivity index (χ1) is 7.18. The minimum Gasteiger partial charge on any atom is -0.383 e. The van der Waals surface area contributed by atoms with Gasteiger partial charge in [0.05, 0.1) is 0 Å². The van der Waals surface area contributed by atoms with Gasteiger partial charge in [0.1, 0.15) is 11.9 Å². The van der Waals surface area contributed by atoms with Gasteiger partial charge in [-0.1, -0.05) is 6.07 Å². The molecule has 1 saturated heterocycles. The highest BCUT2D eigenvalue weighted by Gasteiger charge is 2.27. The third-order valence-corrected chi connectivity index (χ3v) is 2.53. The number of halogens is 1. The Hall–Kier alpha value is -1.42. The smallest absolute Gasteiger partial charge is 0.255 e. The lowest BCUT2D eigenvalue weighted by molar-refractivity contribution is -0.128. The molecule has 0 aliphatic carbocycles. The summed E-state index contributed by atoms with van der Waals surface area (Å²) >= 11 is 0. The maximum atomic E-state index is 12.9. The van der Waals surface area contributed by atoms with Crippen molar-refractivity contribution in [2.24, 2.45) is 0 Å². The van der Waals surface area contributed by atoms with Gasteiger partial charge in [-0.25, -0.2) is 4.39 Å². The van der Waals surface area contributed by atoms with E-state index < -0.39 is 6.10 Å². The molecule has 1 aliphatic rings. The lowest BCUT2D eigenvalue weighted by atomic mass is 10.1. The van der Waals surface area contributed by atoms with Crippen LogP contribution in [0.15, 0.2) is 24.3 Å². The molecule has 1 aromatic carbocycles. The van der Waals surface area contributed by atoms with E-state index >= 15 is 0 Å². The summed E-state index contributed by atoms with van der Waals surface area (Å²) in [7, 11) is 0. The van der Waals surface area contributed by atoms with Crippen LogP contribution in [-0.2, 0) is 4.79 Å². The molecule has 0 saturated carbocycles. The highest BCUT2D eigenvalue weighted by atomic mass is 19.1. The van der Waals surface area contributed by atoms with Crippen molar-refractivity contribution in [1.82, 2.24) is 0 Å². The summed E-state index contributed by atoms with van der Waals surface area (Å²) in [6, 6.07) is 5.85. The van der Waals surface area contributed by atoms with E-state index in [4.69, 9.17) is 0 Å². The SMILES string of the molecule is O=C1C(O)CCCN1c1cccc(F)c1. The zero-order valence-corrected chi connectivity index (χ0v) is 8.19. The Morgan fingerprint density at radius 1 is 1.47 bits per heavy atom. The second-order valence-corrected chi connectivity index (χ2v) is 3.63. The predicted molar refractivity (Wildman–Crippen MR) is 54.0 cm³/mol. The molecule has 1 aliphatic heterocycles. The van der Waals surface area contributed by atoms with E-state index in [0.717, 1.165) is 6.42 Å². The number of hydrogen-bond acceptors (Lipinski definition) is 2. The Bertz CT molecular complexity index is 381. The Kier molecular flexibility index (Phi) is 2.68. The van der Waals surface area contributed by atoms with Crippen molar-refractivity contribution in [2.45, 2.75) is 18.9 Å². The Morgan fingerprint density at radius 3 is 3.00 bits per heavy atom. The Labute approximate surface area is 87.1 Å². The van der Waals surface area contributed by atoms with E-state index in [0.29, 0.717) is 18.7 Å². The lowest BCUT2D eigenvalue weighted by Crippen LogP contribution is -2.44. The number of rotatable bonds is 1. The first-order valence-electron chi connectivity index (χ1n) is 4.93. The van der Waals surface area contributed by atoms with Crippen molar-refractivity contribution in [3.8, 4) is 0 Å². The summed E-state index contributed by atoms with van der Waals surface area (Å²) in [5.41, 5.74) is 0.513. The zero-order chi connectivity index (χ0) is 10.8. The molecular formula is C11H12FNO2. The van der Waals surface area contributed by atoms with Crippen LogP contribution in [0.3, 0.4) is 0 Å². The minimum atomic E-state index is -0.943. The third-order valence-electron chi connectivity index (χ3n) is 2.53. The summed E-state index contributed by atoms with van der Waals surface area (Å²) in [5, 5.41) is 9.39. The zero-order valence-electron chi connectivity index (χ0n) is 8.19. The summed E-state index contributed by atoms with van der Waals surface area (Å²) in [6.07, 6.45) is 0.288. The van der Waals surface area contributed by atoms with E-state index in [1.165, 1.54) is 17.0 Å². The molecule has 3 nitrogen and oxygen atoms in total. The average molecular weight is 209 g/mol. The fraction of sp³-hybridized carbons (Fsp3) is 0.364. The van der Waals surface area contributed by atoms with Crippen LogP contribution >= 0.6 is 0 Å². The molecule has 0 bridgehead atoms. The largest absolute Gasteiger partial charge is 0.383 e. The summed E-state index contributed by atoms with van der Waals surface area (Å²) in [5.74, 6) is -0.716. The number of anilines is 1. The first-order valence-corrected chi connectivity index (χ1v) is 4.93. The van der Waals surface area contributed by atoms with Crippen molar-refractivity contribution in [3.05, 3.63) is 30.1 Å². The second kappa shape index (κ2) is 3.98. The van der Waals surface area contributed by atoms with E-state index in [-0.39, 0.29) is 11.7 Å². The minimum absolute atomic E-state index is 0.341. The maximum absolute atomic E-state index is 12.9. The van der Waals surface area contributed by atoms with Gasteiger partial charge in [0.15, 0.2) is 0 Å². The quantitative estimate of drug-likeness (QED) is 0.757. The lowest BCUT2D eigenvalue weighted by Gasteiger charge is -2.29. The molecule has 1 heterocycles. The molecule has 80 valence electrons. The topological polar surface area (TPSA) is 40.5 Å². The normalized spacial score (nSPS) is 21.9. The van der Waals surface area contributed by atoms with Gasteiger partial charge in [0, 0.05) is 12.2 Å². The second-order valence-electron chi connectivity index (χ2n) is 3.63. The van der Waals surface area contributed by atoms with E-state index in [2.05, 4.69) is 0 Å². The highest BCUT2D eigenvalue weighted by molar-refractivity contribution is 5.97. The van der Waals surface area contributed by atoms with Crippen LogP contribution in [-0.4, -0.2) is 23.7 Å². The standard InChI is InChI=1S/C11H12FNO2/c12-8-3-1-4-9(7-8)13-6-2-5-10(14)11(13)15/h1,3-4,7,10,14H,2,5-6H2. The fourth-order valence-corrected chi connectivity index (χ4v) is 1.76. The molecule has 2 rings (SSSR count).